The van der Waals surface area contributed by atoms with Gasteiger partial charge in [-0.2, -0.15) is 0 Å². The van der Waals surface area contributed by atoms with Crippen molar-refractivity contribution in [1.29, 1.82) is 0 Å². The summed E-state index contributed by atoms with van der Waals surface area (Å²) in [4.78, 5) is 26.2. The first-order valence-electron chi connectivity index (χ1n) is 8.10. The molecule has 0 aromatic rings. The number of carbonyl (C=O) groups is 2. The molecule has 2 heterocycles. The SMILES string of the molecule is CC(C)CNC(=O)N1CCCC(C(=O)NC2CCNC2)C1.Cl. The molecule has 6 nitrogen and oxygen atoms in total. The van der Waals surface area contributed by atoms with Crippen LogP contribution in [0.25, 0.3) is 0 Å². The zero-order valence-electron chi connectivity index (χ0n) is 13.6. The largest absolute Gasteiger partial charge is 0.352 e. The zero-order valence-corrected chi connectivity index (χ0v) is 14.4. The van der Waals surface area contributed by atoms with Crippen LogP contribution in [0, 0.1) is 11.8 Å². The third kappa shape index (κ3) is 5.65. The summed E-state index contributed by atoms with van der Waals surface area (Å²) in [6, 6.07) is 0.214. The van der Waals surface area contributed by atoms with E-state index < -0.39 is 0 Å². The number of carbonyl (C=O) groups excluding carboxylic acids is 2. The number of piperidine rings is 1. The number of nitrogens with zero attached hydrogens (tertiary/aromatic N) is 1. The minimum absolute atomic E-state index is 0. The molecule has 0 aliphatic carbocycles. The van der Waals surface area contributed by atoms with Crippen LogP contribution in [0.1, 0.15) is 33.1 Å². The van der Waals surface area contributed by atoms with Gasteiger partial charge in [0.15, 0.2) is 0 Å². The van der Waals surface area contributed by atoms with Crippen molar-refractivity contribution in [3.05, 3.63) is 0 Å². The lowest BCUT2D eigenvalue weighted by molar-refractivity contribution is -0.126. The predicted molar refractivity (Wildman–Crippen MR) is 89.2 cm³/mol. The highest BCUT2D eigenvalue weighted by molar-refractivity contribution is 5.85. The lowest BCUT2D eigenvalue weighted by Crippen LogP contribution is -2.50. The molecule has 0 aromatic carbocycles. The number of amides is 3. The van der Waals surface area contributed by atoms with E-state index >= 15 is 0 Å². The maximum absolute atomic E-state index is 12.3. The van der Waals surface area contributed by atoms with Gasteiger partial charge in [-0.05, 0) is 31.7 Å². The second-order valence-corrected chi connectivity index (χ2v) is 6.56. The summed E-state index contributed by atoms with van der Waals surface area (Å²) in [5, 5.41) is 9.27. The van der Waals surface area contributed by atoms with E-state index in [1.54, 1.807) is 4.90 Å². The highest BCUT2D eigenvalue weighted by Gasteiger charge is 2.29. The van der Waals surface area contributed by atoms with Crippen molar-refractivity contribution in [3.8, 4) is 0 Å². The Hall–Kier alpha value is -1.01. The average Bonchev–Trinajstić information content (AvgIpc) is 2.97. The van der Waals surface area contributed by atoms with Gasteiger partial charge >= 0.3 is 6.03 Å². The minimum atomic E-state index is -0.0656. The first-order chi connectivity index (χ1) is 10.1. The molecule has 0 radical (unpaired) electrons. The topological polar surface area (TPSA) is 73.5 Å². The maximum Gasteiger partial charge on any atom is 0.317 e. The van der Waals surface area contributed by atoms with Gasteiger partial charge < -0.3 is 20.9 Å². The average molecular weight is 333 g/mol. The van der Waals surface area contributed by atoms with Crippen molar-refractivity contribution < 1.29 is 9.59 Å². The first kappa shape index (κ1) is 19.0. The van der Waals surface area contributed by atoms with E-state index in [1.165, 1.54) is 0 Å². The molecule has 0 spiro atoms. The molecule has 0 aromatic heterocycles. The van der Waals surface area contributed by atoms with Crippen LogP contribution in [-0.2, 0) is 4.79 Å². The van der Waals surface area contributed by atoms with Crippen molar-refractivity contribution in [2.45, 2.75) is 39.2 Å². The monoisotopic (exact) mass is 332 g/mol. The number of hydrogen-bond acceptors (Lipinski definition) is 3. The van der Waals surface area contributed by atoms with Gasteiger partial charge in [-0.25, -0.2) is 4.79 Å². The molecule has 0 saturated carbocycles. The van der Waals surface area contributed by atoms with Crippen molar-refractivity contribution in [2.24, 2.45) is 11.8 Å². The fourth-order valence-electron chi connectivity index (χ4n) is 2.88. The van der Waals surface area contributed by atoms with E-state index in [4.69, 9.17) is 0 Å². The third-order valence-electron chi connectivity index (χ3n) is 4.15. The lowest BCUT2D eigenvalue weighted by Gasteiger charge is -2.32. The molecule has 128 valence electrons. The van der Waals surface area contributed by atoms with Gasteiger partial charge in [-0.3, -0.25) is 4.79 Å². The summed E-state index contributed by atoms with van der Waals surface area (Å²) in [6.45, 7) is 7.94. The molecule has 2 atom stereocenters. The van der Waals surface area contributed by atoms with Gasteiger partial charge in [0.1, 0.15) is 0 Å². The molecule has 2 aliphatic heterocycles. The Morgan fingerprint density at radius 1 is 1.32 bits per heavy atom. The number of halogens is 1. The molecule has 2 unspecified atom stereocenters. The van der Waals surface area contributed by atoms with Crippen LogP contribution in [0.4, 0.5) is 4.79 Å². The lowest BCUT2D eigenvalue weighted by atomic mass is 9.97. The number of rotatable bonds is 4. The number of nitrogens with one attached hydrogen (secondary N) is 3. The molecular weight excluding hydrogens is 304 g/mol. The summed E-state index contributed by atoms with van der Waals surface area (Å²) in [6.07, 6.45) is 2.77. The Bertz CT molecular complexity index is 373. The second-order valence-electron chi connectivity index (χ2n) is 6.56. The van der Waals surface area contributed by atoms with E-state index in [0.717, 1.165) is 38.9 Å². The van der Waals surface area contributed by atoms with Gasteiger partial charge in [-0.15, -0.1) is 12.4 Å². The smallest absolute Gasteiger partial charge is 0.317 e. The Morgan fingerprint density at radius 3 is 2.73 bits per heavy atom. The molecule has 3 amide bonds. The van der Waals surface area contributed by atoms with Crippen LogP contribution in [0.2, 0.25) is 0 Å². The molecule has 7 heteroatoms. The molecule has 22 heavy (non-hydrogen) atoms. The third-order valence-corrected chi connectivity index (χ3v) is 4.15. The molecular formula is C15H29ClN4O2. The van der Waals surface area contributed by atoms with E-state index in [1.807, 2.05) is 0 Å². The normalized spacial score (nSPS) is 24.8. The van der Waals surface area contributed by atoms with Crippen LogP contribution in [0.5, 0.6) is 0 Å². The van der Waals surface area contributed by atoms with Crippen LogP contribution in [-0.4, -0.2) is 55.6 Å². The minimum Gasteiger partial charge on any atom is -0.352 e. The molecule has 2 saturated heterocycles. The summed E-state index contributed by atoms with van der Waals surface area (Å²) in [5.41, 5.74) is 0. The maximum atomic E-state index is 12.3. The van der Waals surface area contributed by atoms with Crippen LogP contribution < -0.4 is 16.0 Å². The summed E-state index contributed by atoms with van der Waals surface area (Å²) in [7, 11) is 0. The molecule has 3 N–H and O–H groups in total. The van der Waals surface area contributed by atoms with Crippen molar-refractivity contribution in [3.63, 3.8) is 0 Å². The standard InChI is InChI=1S/C15H28N4O2.ClH/c1-11(2)8-17-15(21)19-7-3-4-12(10-19)14(20)18-13-5-6-16-9-13;/h11-13,16H,3-10H2,1-2H3,(H,17,21)(H,18,20);1H. The Kier molecular flexibility index (Phi) is 7.96. The predicted octanol–water partition coefficient (Wildman–Crippen LogP) is 0.964. The second kappa shape index (κ2) is 9.20. The fourth-order valence-corrected chi connectivity index (χ4v) is 2.88. The van der Waals surface area contributed by atoms with Gasteiger partial charge in [0.2, 0.25) is 5.91 Å². The van der Waals surface area contributed by atoms with Crippen molar-refractivity contribution in [2.75, 3.05) is 32.7 Å². The van der Waals surface area contributed by atoms with Crippen molar-refractivity contribution >= 4 is 24.3 Å². The summed E-state index contributed by atoms with van der Waals surface area (Å²) < 4.78 is 0. The van der Waals surface area contributed by atoms with Gasteiger partial charge in [0, 0.05) is 32.2 Å². The van der Waals surface area contributed by atoms with E-state index in [-0.39, 0.29) is 36.3 Å². The zero-order chi connectivity index (χ0) is 15.2. The molecule has 0 bridgehead atoms. The van der Waals surface area contributed by atoms with Crippen LogP contribution in [0.15, 0.2) is 0 Å². The first-order valence-corrected chi connectivity index (χ1v) is 8.10. The van der Waals surface area contributed by atoms with E-state index in [0.29, 0.717) is 19.0 Å². The Morgan fingerprint density at radius 2 is 2.09 bits per heavy atom. The summed E-state index contributed by atoms with van der Waals surface area (Å²) in [5.74, 6) is 0.474. The number of hydrogen-bond donors (Lipinski definition) is 3. The quantitative estimate of drug-likeness (QED) is 0.718. The van der Waals surface area contributed by atoms with Crippen LogP contribution >= 0.6 is 12.4 Å². The van der Waals surface area contributed by atoms with Gasteiger partial charge in [0.05, 0.1) is 5.92 Å². The highest BCUT2D eigenvalue weighted by Crippen LogP contribution is 2.17. The van der Waals surface area contributed by atoms with E-state index in [9.17, 15) is 9.59 Å². The Labute approximate surface area is 139 Å². The molecule has 2 rings (SSSR count). The van der Waals surface area contributed by atoms with E-state index in [2.05, 4.69) is 29.8 Å². The molecule has 2 fully saturated rings. The fraction of sp³-hybridized carbons (Fsp3) is 0.867. The number of urea groups is 1. The van der Waals surface area contributed by atoms with Crippen molar-refractivity contribution in [1.82, 2.24) is 20.9 Å². The van der Waals surface area contributed by atoms with Gasteiger partial charge in [-0.1, -0.05) is 13.8 Å². The van der Waals surface area contributed by atoms with Crippen LogP contribution in [0.3, 0.4) is 0 Å². The summed E-state index contributed by atoms with van der Waals surface area (Å²) >= 11 is 0. The Balaban J connectivity index is 0.00000242. The molecule has 2 aliphatic rings. The number of likely N-dealkylation sites (tertiary alicyclic amines) is 1. The van der Waals surface area contributed by atoms with Gasteiger partial charge in [0.25, 0.3) is 0 Å². The highest BCUT2D eigenvalue weighted by atomic mass is 35.5.